The van der Waals surface area contributed by atoms with E-state index < -0.39 is 0 Å². The predicted molar refractivity (Wildman–Crippen MR) is 53.9 cm³/mol. The van der Waals surface area contributed by atoms with E-state index in [1.807, 2.05) is 0 Å². The Morgan fingerprint density at radius 3 is 2.83 bits per heavy atom. The van der Waals surface area contributed by atoms with Crippen molar-refractivity contribution in [3.8, 4) is 0 Å². The van der Waals surface area contributed by atoms with Crippen LogP contribution < -0.4 is 5.73 Å². The average molecular weight is 246 g/mol. The van der Waals surface area contributed by atoms with Crippen LogP contribution >= 0.6 is 27.3 Å². The maximum atomic E-state index is 13.1. The van der Waals surface area contributed by atoms with Gasteiger partial charge in [-0.15, -0.1) is 11.3 Å². The lowest BCUT2D eigenvalue weighted by Crippen LogP contribution is -1.73. The smallest absolute Gasteiger partial charge is 0.141 e. The molecule has 0 aliphatic carbocycles. The highest BCUT2D eigenvalue weighted by atomic mass is 79.9. The van der Waals surface area contributed by atoms with Gasteiger partial charge in [-0.25, -0.2) is 4.39 Å². The van der Waals surface area contributed by atoms with E-state index in [0.717, 1.165) is 9.86 Å². The van der Waals surface area contributed by atoms with Gasteiger partial charge in [-0.05, 0) is 18.2 Å². The van der Waals surface area contributed by atoms with Gasteiger partial charge in [0.1, 0.15) is 5.82 Å². The molecule has 1 aromatic heterocycles. The Hall–Kier alpha value is -0.610. The Balaban J connectivity index is 2.93. The van der Waals surface area contributed by atoms with Gasteiger partial charge < -0.3 is 5.73 Å². The highest BCUT2D eigenvalue weighted by Gasteiger charge is 2.06. The molecule has 12 heavy (non-hydrogen) atoms. The van der Waals surface area contributed by atoms with Crippen molar-refractivity contribution in [3.05, 3.63) is 28.5 Å². The first-order valence-electron chi connectivity index (χ1n) is 3.31. The molecule has 1 heterocycles. The van der Waals surface area contributed by atoms with E-state index in [1.54, 1.807) is 12.1 Å². The first-order chi connectivity index (χ1) is 5.68. The third-order valence-corrected chi connectivity index (χ3v) is 3.27. The van der Waals surface area contributed by atoms with Crippen LogP contribution in [-0.2, 0) is 0 Å². The average Bonchev–Trinajstić information content (AvgIpc) is 2.41. The second-order valence-electron chi connectivity index (χ2n) is 2.42. The fourth-order valence-electron chi connectivity index (χ4n) is 1.08. The largest absolute Gasteiger partial charge is 0.391 e. The van der Waals surface area contributed by atoms with Crippen LogP contribution in [0.3, 0.4) is 0 Å². The molecule has 0 aliphatic rings. The summed E-state index contributed by atoms with van der Waals surface area (Å²) in [5.74, 6) is -0.213. The normalized spacial score (nSPS) is 10.8. The van der Waals surface area contributed by atoms with Crippen LogP contribution in [-0.4, -0.2) is 0 Å². The summed E-state index contributed by atoms with van der Waals surface area (Å²) in [6, 6.07) is 4.89. The van der Waals surface area contributed by atoms with E-state index in [9.17, 15) is 4.39 Å². The lowest BCUT2D eigenvalue weighted by atomic mass is 10.2. The van der Waals surface area contributed by atoms with E-state index >= 15 is 0 Å². The number of fused-ring (bicyclic) bond motifs is 1. The minimum Gasteiger partial charge on any atom is -0.391 e. The molecule has 0 amide bonds. The van der Waals surface area contributed by atoms with Crippen LogP contribution in [0.15, 0.2) is 22.7 Å². The first-order valence-corrected chi connectivity index (χ1v) is 4.92. The van der Waals surface area contributed by atoms with Gasteiger partial charge in [0.05, 0.1) is 9.70 Å². The Kier molecular flexibility index (Phi) is 1.81. The molecule has 2 aromatic rings. The zero-order valence-electron chi connectivity index (χ0n) is 5.97. The van der Waals surface area contributed by atoms with Crippen LogP contribution in [0.2, 0.25) is 0 Å². The second kappa shape index (κ2) is 2.71. The van der Waals surface area contributed by atoms with Gasteiger partial charge in [-0.1, -0.05) is 15.9 Å². The Morgan fingerprint density at radius 1 is 1.42 bits per heavy atom. The number of halogens is 2. The molecule has 0 saturated heterocycles. The third kappa shape index (κ3) is 1.11. The van der Waals surface area contributed by atoms with E-state index in [1.165, 1.54) is 17.4 Å². The highest BCUT2D eigenvalue weighted by Crippen LogP contribution is 2.34. The van der Waals surface area contributed by atoms with Crippen molar-refractivity contribution in [1.29, 1.82) is 0 Å². The van der Waals surface area contributed by atoms with Crippen molar-refractivity contribution in [2.75, 3.05) is 5.73 Å². The first kappa shape index (κ1) is 8.01. The van der Waals surface area contributed by atoms with Gasteiger partial charge in [0.15, 0.2) is 0 Å². The Bertz CT molecular complexity index is 399. The van der Waals surface area contributed by atoms with Gasteiger partial charge >= 0.3 is 0 Å². The van der Waals surface area contributed by atoms with Crippen LogP contribution in [0, 0.1) is 5.82 Å². The van der Waals surface area contributed by atoms with E-state index in [2.05, 4.69) is 15.9 Å². The van der Waals surface area contributed by atoms with Crippen molar-refractivity contribution in [3.63, 3.8) is 0 Å². The van der Waals surface area contributed by atoms with Gasteiger partial charge in [0, 0.05) is 9.86 Å². The molecule has 0 unspecified atom stereocenters. The second-order valence-corrected chi connectivity index (χ2v) is 4.36. The van der Waals surface area contributed by atoms with E-state index in [4.69, 9.17) is 5.73 Å². The van der Waals surface area contributed by atoms with Crippen LogP contribution in [0.5, 0.6) is 0 Å². The summed E-state index contributed by atoms with van der Waals surface area (Å²) in [5.41, 5.74) is 5.56. The molecule has 62 valence electrons. The molecule has 0 spiro atoms. The molecule has 0 saturated carbocycles. The number of nitrogens with two attached hydrogens (primary N) is 1. The fraction of sp³-hybridized carbons (Fsp3) is 0. The molecule has 0 aliphatic heterocycles. The summed E-state index contributed by atoms with van der Waals surface area (Å²) in [4.78, 5) is 0. The van der Waals surface area contributed by atoms with Gasteiger partial charge in [-0.3, -0.25) is 0 Å². The van der Waals surface area contributed by atoms with Crippen molar-refractivity contribution < 1.29 is 4.39 Å². The molecular formula is C8H5BrFNS. The lowest BCUT2D eigenvalue weighted by Gasteiger charge is -1.93. The van der Waals surface area contributed by atoms with Crippen molar-refractivity contribution in [2.45, 2.75) is 0 Å². The van der Waals surface area contributed by atoms with Gasteiger partial charge in [-0.2, -0.15) is 0 Å². The molecule has 2 N–H and O–H groups in total. The van der Waals surface area contributed by atoms with Crippen LogP contribution in [0.4, 0.5) is 9.39 Å². The number of nitrogen functional groups attached to an aromatic ring is 1. The molecule has 1 aromatic carbocycles. The standard InChI is InChI=1S/C8H5BrFNS/c9-5-1-2-6(10)8-4(5)3-7(11)12-8/h1-3H,11H2. The SMILES string of the molecule is Nc1cc2c(Br)ccc(F)c2s1. The molecule has 1 nitrogen and oxygen atoms in total. The van der Waals surface area contributed by atoms with E-state index in [-0.39, 0.29) is 5.82 Å². The third-order valence-electron chi connectivity index (χ3n) is 1.60. The number of benzene rings is 1. The minimum absolute atomic E-state index is 0.213. The minimum atomic E-state index is -0.213. The quantitative estimate of drug-likeness (QED) is 0.757. The van der Waals surface area contributed by atoms with Crippen molar-refractivity contribution in [1.82, 2.24) is 0 Å². The lowest BCUT2D eigenvalue weighted by molar-refractivity contribution is 0.641. The summed E-state index contributed by atoms with van der Waals surface area (Å²) >= 11 is 4.59. The molecule has 4 heteroatoms. The number of hydrogen-bond donors (Lipinski definition) is 1. The van der Waals surface area contributed by atoms with E-state index in [0.29, 0.717) is 9.70 Å². The van der Waals surface area contributed by atoms with Gasteiger partial charge in [0.25, 0.3) is 0 Å². The number of anilines is 1. The molecule has 0 bridgehead atoms. The van der Waals surface area contributed by atoms with Gasteiger partial charge in [0.2, 0.25) is 0 Å². The summed E-state index contributed by atoms with van der Waals surface area (Å²) in [7, 11) is 0. The Morgan fingerprint density at radius 2 is 2.17 bits per heavy atom. The molecule has 0 radical (unpaired) electrons. The fourth-order valence-corrected chi connectivity index (χ4v) is 2.51. The Labute approximate surface area is 81.1 Å². The van der Waals surface area contributed by atoms with Crippen molar-refractivity contribution in [2.24, 2.45) is 0 Å². The monoisotopic (exact) mass is 245 g/mol. The number of hydrogen-bond acceptors (Lipinski definition) is 2. The maximum Gasteiger partial charge on any atom is 0.141 e. The van der Waals surface area contributed by atoms with Crippen molar-refractivity contribution >= 4 is 42.4 Å². The van der Waals surface area contributed by atoms with Crippen LogP contribution in [0.1, 0.15) is 0 Å². The molecule has 0 atom stereocenters. The number of thiophene rings is 1. The summed E-state index contributed by atoms with van der Waals surface area (Å²) < 4.78 is 14.6. The molecular weight excluding hydrogens is 241 g/mol. The maximum absolute atomic E-state index is 13.1. The zero-order chi connectivity index (χ0) is 8.72. The summed E-state index contributed by atoms with van der Waals surface area (Å²) in [5, 5.41) is 1.48. The zero-order valence-corrected chi connectivity index (χ0v) is 8.38. The summed E-state index contributed by atoms with van der Waals surface area (Å²) in [6.45, 7) is 0. The molecule has 2 rings (SSSR count). The van der Waals surface area contributed by atoms with Crippen LogP contribution in [0.25, 0.3) is 10.1 Å². The predicted octanol–water partition coefficient (Wildman–Crippen LogP) is 3.39. The topological polar surface area (TPSA) is 26.0 Å². The molecule has 0 fully saturated rings. The summed E-state index contributed by atoms with van der Waals surface area (Å²) in [6.07, 6.45) is 0. The number of rotatable bonds is 0. The highest BCUT2D eigenvalue weighted by molar-refractivity contribution is 9.10.